The van der Waals surface area contributed by atoms with Gasteiger partial charge < -0.3 is 15.0 Å². The summed E-state index contributed by atoms with van der Waals surface area (Å²) in [6, 6.07) is 12.4. The third kappa shape index (κ3) is 6.71. The summed E-state index contributed by atoms with van der Waals surface area (Å²) < 4.78 is 7.27. The molecule has 1 amide bonds. The molecule has 0 aliphatic carbocycles. The number of carbonyl (C=O) groups excluding carboxylic acids is 1. The summed E-state index contributed by atoms with van der Waals surface area (Å²) in [7, 11) is 0. The zero-order valence-electron chi connectivity index (χ0n) is 23.4. The van der Waals surface area contributed by atoms with Crippen molar-refractivity contribution in [3.05, 3.63) is 71.6 Å². The number of nitrogens with one attached hydrogen (secondary N) is 1. The average Bonchev–Trinajstić information content (AvgIpc) is 3.28. The Bertz CT molecular complexity index is 1470. The molecule has 9 heteroatoms. The minimum absolute atomic E-state index is 0.385. The maximum Gasteiger partial charge on any atom is 0.407 e. The molecule has 0 saturated carbocycles. The quantitative estimate of drug-likeness (QED) is 0.364. The number of fused-ring (bicyclic) bond motifs is 1. The summed E-state index contributed by atoms with van der Waals surface area (Å²) in [6.07, 6.45) is 6.27. The van der Waals surface area contributed by atoms with E-state index in [0.29, 0.717) is 12.5 Å². The SMILES string of the molecule is Cc1cc(-c2cccc(CNC(=O)OC(C)(C)C)c2)c2nc(CC3CCN(c4cc(C)ncn4)CC3)nn2c1. The molecule has 1 N–H and O–H groups in total. The number of carbonyl (C=O) groups is 1. The minimum Gasteiger partial charge on any atom is -0.444 e. The molecule has 39 heavy (non-hydrogen) atoms. The summed E-state index contributed by atoms with van der Waals surface area (Å²) in [5.74, 6) is 2.42. The van der Waals surface area contributed by atoms with Crippen LogP contribution < -0.4 is 10.2 Å². The molecule has 9 nitrogen and oxygen atoms in total. The van der Waals surface area contributed by atoms with E-state index in [9.17, 15) is 4.79 Å². The molecule has 0 atom stereocenters. The first kappa shape index (κ1) is 26.6. The Morgan fingerprint density at radius 2 is 1.90 bits per heavy atom. The molecular weight excluding hydrogens is 490 g/mol. The van der Waals surface area contributed by atoms with E-state index >= 15 is 0 Å². The Kier molecular flexibility index (Phi) is 7.50. The molecule has 4 heterocycles. The molecule has 1 aliphatic heterocycles. The lowest BCUT2D eigenvalue weighted by atomic mass is 9.93. The van der Waals surface area contributed by atoms with Crippen molar-refractivity contribution in [1.82, 2.24) is 29.9 Å². The number of pyridine rings is 1. The van der Waals surface area contributed by atoms with Gasteiger partial charge in [0.05, 0.1) is 0 Å². The number of piperidine rings is 1. The Hall–Kier alpha value is -4.01. The molecular formula is C30H37N7O2. The highest BCUT2D eigenvalue weighted by Crippen LogP contribution is 2.28. The van der Waals surface area contributed by atoms with E-state index in [0.717, 1.165) is 77.6 Å². The zero-order chi connectivity index (χ0) is 27.6. The van der Waals surface area contributed by atoms with Crippen molar-refractivity contribution >= 4 is 17.6 Å². The molecule has 4 aromatic rings. The molecule has 3 aromatic heterocycles. The number of aryl methyl sites for hydroxylation is 2. The summed E-state index contributed by atoms with van der Waals surface area (Å²) >= 11 is 0. The van der Waals surface area contributed by atoms with Crippen LogP contribution in [0.15, 0.2) is 48.9 Å². The molecule has 1 fully saturated rings. The zero-order valence-corrected chi connectivity index (χ0v) is 23.4. The first-order valence-electron chi connectivity index (χ1n) is 13.6. The number of hydrogen-bond acceptors (Lipinski definition) is 7. The first-order valence-corrected chi connectivity index (χ1v) is 13.6. The summed E-state index contributed by atoms with van der Waals surface area (Å²) in [6.45, 7) is 12.0. The first-order chi connectivity index (χ1) is 18.6. The van der Waals surface area contributed by atoms with Crippen molar-refractivity contribution in [3.8, 4) is 11.1 Å². The van der Waals surface area contributed by atoms with E-state index in [1.54, 1.807) is 6.33 Å². The standard InChI is InChI=1S/C30H37N7O2/c1-20-13-25(24-8-6-7-23(15-24)17-31-29(38)39-30(3,4)5)28-34-26(35-37(28)18-20)16-22-9-11-36(12-10-22)27-14-21(2)32-19-33-27/h6-8,13-15,18-19,22H,9-12,16-17H2,1-5H3,(H,31,38). The van der Waals surface area contributed by atoms with Gasteiger partial charge in [0.1, 0.15) is 17.7 Å². The lowest BCUT2D eigenvalue weighted by Crippen LogP contribution is -2.35. The summed E-state index contributed by atoms with van der Waals surface area (Å²) in [4.78, 5) is 28.1. The van der Waals surface area contributed by atoms with E-state index < -0.39 is 11.7 Å². The van der Waals surface area contributed by atoms with Crippen LogP contribution in [-0.2, 0) is 17.7 Å². The van der Waals surface area contributed by atoms with Gasteiger partial charge in [0.2, 0.25) is 0 Å². The monoisotopic (exact) mass is 527 g/mol. The molecule has 1 saturated heterocycles. The Morgan fingerprint density at radius 3 is 2.64 bits per heavy atom. The molecule has 204 valence electrons. The predicted molar refractivity (Wildman–Crippen MR) is 152 cm³/mol. The van der Waals surface area contributed by atoms with Crippen molar-refractivity contribution in [2.45, 2.75) is 66.0 Å². The van der Waals surface area contributed by atoms with E-state index in [1.165, 1.54) is 0 Å². The van der Waals surface area contributed by atoms with Gasteiger partial charge in [0, 0.05) is 49.6 Å². The number of alkyl carbamates (subject to hydrolysis) is 1. The van der Waals surface area contributed by atoms with E-state index in [1.807, 2.05) is 50.5 Å². The van der Waals surface area contributed by atoms with Crippen LogP contribution in [-0.4, -0.2) is 49.3 Å². The van der Waals surface area contributed by atoms with Crippen LogP contribution >= 0.6 is 0 Å². The molecule has 1 aliphatic rings. The number of benzene rings is 1. The normalized spacial score (nSPS) is 14.5. The van der Waals surface area contributed by atoms with Crippen molar-refractivity contribution in [3.63, 3.8) is 0 Å². The highest BCUT2D eigenvalue weighted by atomic mass is 16.6. The Balaban J connectivity index is 1.29. The van der Waals surface area contributed by atoms with Gasteiger partial charge in [0.25, 0.3) is 0 Å². The molecule has 0 bridgehead atoms. The van der Waals surface area contributed by atoms with Crippen molar-refractivity contribution < 1.29 is 9.53 Å². The van der Waals surface area contributed by atoms with Crippen LogP contribution in [0.5, 0.6) is 0 Å². The van der Waals surface area contributed by atoms with E-state index in [2.05, 4.69) is 51.4 Å². The second kappa shape index (κ2) is 11.0. The van der Waals surface area contributed by atoms with Crippen LogP contribution in [0.25, 0.3) is 16.8 Å². The fourth-order valence-electron chi connectivity index (χ4n) is 5.04. The van der Waals surface area contributed by atoms with Crippen molar-refractivity contribution in [2.24, 2.45) is 5.92 Å². The third-order valence-corrected chi connectivity index (χ3v) is 6.89. The minimum atomic E-state index is -0.530. The number of rotatable bonds is 6. The third-order valence-electron chi connectivity index (χ3n) is 6.89. The van der Waals surface area contributed by atoms with Gasteiger partial charge in [-0.2, -0.15) is 5.10 Å². The molecule has 0 unspecified atom stereocenters. The second-order valence-electron chi connectivity index (χ2n) is 11.4. The number of hydrogen-bond donors (Lipinski definition) is 1. The van der Waals surface area contributed by atoms with E-state index in [-0.39, 0.29) is 0 Å². The highest BCUT2D eigenvalue weighted by Gasteiger charge is 2.23. The number of nitrogens with zero attached hydrogens (tertiary/aromatic N) is 6. The topological polar surface area (TPSA) is 97.5 Å². The van der Waals surface area contributed by atoms with Gasteiger partial charge in [-0.1, -0.05) is 18.2 Å². The maximum atomic E-state index is 12.1. The van der Waals surface area contributed by atoms with E-state index in [4.69, 9.17) is 14.8 Å². The molecule has 5 rings (SSSR count). The van der Waals surface area contributed by atoms with Crippen molar-refractivity contribution in [2.75, 3.05) is 18.0 Å². The fraction of sp³-hybridized carbons (Fsp3) is 0.433. The van der Waals surface area contributed by atoms with Crippen molar-refractivity contribution in [1.29, 1.82) is 0 Å². The van der Waals surface area contributed by atoms with Crippen LogP contribution in [0.2, 0.25) is 0 Å². The lowest BCUT2D eigenvalue weighted by molar-refractivity contribution is 0.0523. The van der Waals surface area contributed by atoms with Gasteiger partial charge in [-0.05, 0) is 82.2 Å². The fourth-order valence-corrected chi connectivity index (χ4v) is 5.04. The lowest BCUT2D eigenvalue weighted by Gasteiger charge is -2.32. The van der Waals surface area contributed by atoms with Crippen LogP contribution in [0.1, 0.15) is 56.3 Å². The maximum absolute atomic E-state index is 12.1. The molecule has 1 aromatic carbocycles. The van der Waals surface area contributed by atoms with Crippen LogP contribution in [0.4, 0.5) is 10.6 Å². The average molecular weight is 528 g/mol. The number of aromatic nitrogens is 5. The number of ether oxygens (including phenoxy) is 1. The summed E-state index contributed by atoms with van der Waals surface area (Å²) in [5.41, 5.74) is 5.48. The van der Waals surface area contributed by atoms with Gasteiger partial charge in [-0.25, -0.2) is 24.3 Å². The Labute approximate surface area is 229 Å². The van der Waals surface area contributed by atoms with Crippen LogP contribution in [0, 0.1) is 19.8 Å². The second-order valence-corrected chi connectivity index (χ2v) is 11.4. The Morgan fingerprint density at radius 1 is 1.10 bits per heavy atom. The predicted octanol–water partition coefficient (Wildman–Crippen LogP) is 5.29. The summed E-state index contributed by atoms with van der Waals surface area (Å²) in [5, 5.41) is 7.70. The smallest absolute Gasteiger partial charge is 0.407 e. The number of anilines is 1. The van der Waals surface area contributed by atoms with Gasteiger partial charge in [-0.15, -0.1) is 0 Å². The molecule has 0 radical (unpaired) electrons. The van der Waals surface area contributed by atoms with Gasteiger partial charge in [-0.3, -0.25) is 0 Å². The molecule has 0 spiro atoms. The largest absolute Gasteiger partial charge is 0.444 e. The van der Waals surface area contributed by atoms with Crippen LogP contribution in [0.3, 0.4) is 0 Å². The van der Waals surface area contributed by atoms with Gasteiger partial charge >= 0.3 is 6.09 Å². The number of amides is 1. The van der Waals surface area contributed by atoms with Gasteiger partial charge in [0.15, 0.2) is 11.5 Å². The highest BCUT2D eigenvalue weighted by molar-refractivity contribution is 5.78.